The Hall–Kier alpha value is -2.41. The third-order valence-electron chi connectivity index (χ3n) is 3.61. The van der Waals surface area contributed by atoms with Gasteiger partial charge in [0.2, 0.25) is 0 Å². The highest BCUT2D eigenvalue weighted by atomic mass is 19.1. The molecule has 1 aliphatic heterocycles. The summed E-state index contributed by atoms with van der Waals surface area (Å²) in [6.45, 7) is 2.68. The molecular weight excluding hydrogens is 287 g/mol. The molecule has 3 rings (SSSR count). The van der Waals surface area contributed by atoms with Gasteiger partial charge in [0.05, 0.1) is 12.3 Å². The van der Waals surface area contributed by atoms with Crippen LogP contribution in [0.5, 0.6) is 0 Å². The number of aryl methyl sites for hydroxylation is 1. The molecule has 0 aliphatic carbocycles. The van der Waals surface area contributed by atoms with Crippen LogP contribution in [0.15, 0.2) is 30.6 Å². The second kappa shape index (κ2) is 5.76. The average Bonchev–Trinajstić information content (AvgIpc) is 3.08. The Morgan fingerprint density at radius 1 is 1.50 bits per heavy atom. The molecule has 0 spiro atoms. The van der Waals surface area contributed by atoms with E-state index in [1.54, 1.807) is 24.5 Å². The van der Waals surface area contributed by atoms with Crippen LogP contribution < -0.4 is 5.32 Å². The predicted molar refractivity (Wildman–Crippen MR) is 79.5 cm³/mol. The number of hydrogen-bond acceptors (Lipinski definition) is 3. The first-order valence-corrected chi connectivity index (χ1v) is 7.08. The van der Waals surface area contributed by atoms with Crippen molar-refractivity contribution in [2.75, 3.05) is 18.4 Å². The number of halogens is 1. The lowest BCUT2D eigenvalue weighted by Gasteiger charge is -2.16. The molecule has 1 atom stereocenters. The van der Waals surface area contributed by atoms with Crippen LogP contribution in [0.3, 0.4) is 0 Å². The van der Waals surface area contributed by atoms with Gasteiger partial charge in [-0.1, -0.05) is 0 Å². The lowest BCUT2D eigenvalue weighted by atomic mass is 10.2. The predicted octanol–water partition coefficient (Wildman–Crippen LogP) is 1.92. The largest absolute Gasteiger partial charge is 0.391 e. The maximum atomic E-state index is 14.2. The number of hydrogen-bond donors (Lipinski definition) is 2. The van der Waals surface area contributed by atoms with Crippen LogP contribution in [0, 0.1) is 12.7 Å². The van der Waals surface area contributed by atoms with Crippen LogP contribution in [0.2, 0.25) is 0 Å². The Bertz CT molecular complexity index is 701. The van der Waals surface area contributed by atoms with Crippen molar-refractivity contribution >= 4 is 11.7 Å². The van der Waals surface area contributed by atoms with E-state index in [2.05, 4.69) is 10.4 Å². The first-order valence-electron chi connectivity index (χ1n) is 7.08. The molecule has 2 N–H and O–H groups in total. The molecule has 0 bridgehead atoms. The van der Waals surface area contributed by atoms with E-state index in [1.807, 2.05) is 6.92 Å². The van der Waals surface area contributed by atoms with E-state index < -0.39 is 11.9 Å². The number of β-amino-alcohol motifs (C(OH)–C–C–N with tert-alkyl or cyclic N) is 1. The van der Waals surface area contributed by atoms with Crippen molar-refractivity contribution in [2.45, 2.75) is 19.4 Å². The van der Waals surface area contributed by atoms with Crippen LogP contribution in [-0.2, 0) is 0 Å². The van der Waals surface area contributed by atoms with Crippen molar-refractivity contribution in [3.63, 3.8) is 0 Å². The molecule has 0 saturated carbocycles. The third kappa shape index (κ3) is 2.94. The van der Waals surface area contributed by atoms with Gasteiger partial charge in [-0.25, -0.2) is 13.9 Å². The molecule has 2 amide bonds. The fourth-order valence-corrected chi connectivity index (χ4v) is 2.44. The van der Waals surface area contributed by atoms with Crippen LogP contribution in [0.25, 0.3) is 5.69 Å². The lowest BCUT2D eigenvalue weighted by Crippen LogP contribution is -2.33. The topological polar surface area (TPSA) is 70.4 Å². The summed E-state index contributed by atoms with van der Waals surface area (Å²) in [5.74, 6) is -0.470. The van der Waals surface area contributed by atoms with E-state index in [1.165, 1.54) is 15.6 Å². The van der Waals surface area contributed by atoms with E-state index in [4.69, 9.17) is 0 Å². The van der Waals surface area contributed by atoms with Gasteiger partial charge in [0.25, 0.3) is 0 Å². The average molecular weight is 304 g/mol. The van der Waals surface area contributed by atoms with E-state index in [-0.39, 0.29) is 6.03 Å². The SMILES string of the molecule is Cc1cnn(-c2ccc(NC(=O)N3CC[C@H](O)C3)cc2F)c1. The van der Waals surface area contributed by atoms with Crippen molar-refractivity contribution in [1.29, 1.82) is 0 Å². The highest BCUT2D eigenvalue weighted by molar-refractivity contribution is 5.89. The molecule has 1 aromatic carbocycles. The number of urea groups is 1. The number of nitrogens with zero attached hydrogens (tertiary/aromatic N) is 3. The van der Waals surface area contributed by atoms with E-state index in [9.17, 15) is 14.3 Å². The molecule has 0 unspecified atom stereocenters. The van der Waals surface area contributed by atoms with Crippen LogP contribution in [0.1, 0.15) is 12.0 Å². The lowest BCUT2D eigenvalue weighted by molar-refractivity contribution is 0.176. The zero-order valence-electron chi connectivity index (χ0n) is 12.2. The van der Waals surface area contributed by atoms with E-state index >= 15 is 0 Å². The van der Waals surface area contributed by atoms with Gasteiger partial charge >= 0.3 is 6.03 Å². The number of likely N-dealkylation sites (tertiary alicyclic amines) is 1. The first kappa shape index (κ1) is 14.5. The number of rotatable bonds is 2. The summed E-state index contributed by atoms with van der Waals surface area (Å²) in [5.41, 5.74) is 1.63. The Morgan fingerprint density at radius 3 is 2.91 bits per heavy atom. The Balaban J connectivity index is 1.73. The molecule has 6 nitrogen and oxygen atoms in total. The van der Waals surface area contributed by atoms with Crippen molar-refractivity contribution < 1.29 is 14.3 Å². The number of aliphatic hydroxyl groups is 1. The molecule has 1 aliphatic rings. The van der Waals surface area contributed by atoms with Crippen molar-refractivity contribution in [2.24, 2.45) is 0 Å². The normalized spacial score (nSPS) is 17.8. The number of benzene rings is 1. The van der Waals surface area contributed by atoms with Gasteiger partial charge in [0.1, 0.15) is 5.69 Å². The summed E-state index contributed by atoms with van der Waals surface area (Å²) >= 11 is 0. The summed E-state index contributed by atoms with van der Waals surface area (Å²) in [7, 11) is 0. The molecule has 1 saturated heterocycles. The molecule has 0 radical (unpaired) electrons. The van der Waals surface area contributed by atoms with Gasteiger partial charge in [-0.2, -0.15) is 5.10 Å². The fraction of sp³-hybridized carbons (Fsp3) is 0.333. The van der Waals surface area contributed by atoms with Crippen LogP contribution in [-0.4, -0.2) is 45.0 Å². The molecular formula is C15H17FN4O2. The van der Waals surface area contributed by atoms with Crippen molar-refractivity contribution in [3.8, 4) is 5.69 Å². The molecule has 116 valence electrons. The van der Waals surface area contributed by atoms with Gasteiger partial charge in [0.15, 0.2) is 5.82 Å². The molecule has 7 heteroatoms. The quantitative estimate of drug-likeness (QED) is 0.890. The second-order valence-electron chi connectivity index (χ2n) is 5.45. The minimum absolute atomic E-state index is 0.305. The number of aromatic nitrogens is 2. The maximum absolute atomic E-state index is 14.2. The van der Waals surface area contributed by atoms with Crippen molar-refractivity contribution in [3.05, 3.63) is 42.0 Å². The number of nitrogens with one attached hydrogen (secondary N) is 1. The van der Waals surface area contributed by atoms with Gasteiger partial charge < -0.3 is 15.3 Å². The standard InChI is InChI=1S/C15H17FN4O2/c1-10-7-17-20(8-10)14-3-2-11(6-13(14)16)18-15(22)19-5-4-12(21)9-19/h2-3,6-8,12,21H,4-5,9H2,1H3,(H,18,22)/t12-/m0/s1. The first-order chi connectivity index (χ1) is 10.5. The number of carbonyl (C=O) groups is 1. The van der Waals surface area contributed by atoms with E-state index in [0.717, 1.165) is 5.56 Å². The van der Waals surface area contributed by atoms with Gasteiger partial charge in [-0.05, 0) is 37.1 Å². The van der Waals surface area contributed by atoms with Crippen LogP contribution in [0.4, 0.5) is 14.9 Å². The molecule has 2 heterocycles. The smallest absolute Gasteiger partial charge is 0.321 e. The van der Waals surface area contributed by atoms with Crippen molar-refractivity contribution in [1.82, 2.24) is 14.7 Å². The highest BCUT2D eigenvalue weighted by Crippen LogP contribution is 2.19. The third-order valence-corrected chi connectivity index (χ3v) is 3.61. The molecule has 2 aromatic rings. The number of amides is 2. The summed E-state index contributed by atoms with van der Waals surface area (Å²) in [5, 5.41) is 16.1. The Kier molecular flexibility index (Phi) is 3.81. The Morgan fingerprint density at radius 2 is 2.32 bits per heavy atom. The molecule has 22 heavy (non-hydrogen) atoms. The monoisotopic (exact) mass is 304 g/mol. The Labute approximate surface area is 127 Å². The summed E-state index contributed by atoms with van der Waals surface area (Å²) in [6, 6.07) is 4.12. The number of anilines is 1. The summed E-state index contributed by atoms with van der Waals surface area (Å²) in [4.78, 5) is 13.5. The number of carbonyl (C=O) groups excluding carboxylic acids is 1. The number of aliphatic hydroxyl groups excluding tert-OH is 1. The second-order valence-corrected chi connectivity index (χ2v) is 5.45. The molecule has 1 fully saturated rings. The van der Waals surface area contributed by atoms with Gasteiger partial charge in [-0.3, -0.25) is 0 Å². The summed E-state index contributed by atoms with van der Waals surface area (Å²) < 4.78 is 15.6. The maximum Gasteiger partial charge on any atom is 0.321 e. The zero-order valence-corrected chi connectivity index (χ0v) is 12.2. The zero-order chi connectivity index (χ0) is 15.7. The van der Waals surface area contributed by atoms with Crippen LogP contribution >= 0.6 is 0 Å². The minimum Gasteiger partial charge on any atom is -0.391 e. The van der Waals surface area contributed by atoms with Gasteiger partial charge in [0, 0.05) is 25.0 Å². The minimum atomic E-state index is -0.479. The van der Waals surface area contributed by atoms with Gasteiger partial charge in [-0.15, -0.1) is 0 Å². The molecule has 1 aromatic heterocycles. The fourth-order valence-electron chi connectivity index (χ4n) is 2.44. The highest BCUT2D eigenvalue weighted by Gasteiger charge is 2.24. The van der Waals surface area contributed by atoms with E-state index in [0.29, 0.717) is 30.9 Å². The summed E-state index contributed by atoms with van der Waals surface area (Å²) in [6.07, 6.45) is 3.46.